The summed E-state index contributed by atoms with van der Waals surface area (Å²) in [6, 6.07) is 7.37. The second-order valence-corrected chi connectivity index (χ2v) is 8.49. The number of piperazine rings is 1. The first kappa shape index (κ1) is 20.6. The van der Waals surface area contributed by atoms with Crippen molar-refractivity contribution in [3.8, 4) is 0 Å². The van der Waals surface area contributed by atoms with Gasteiger partial charge in [0.15, 0.2) is 0 Å². The number of halogens is 1. The zero-order valence-corrected chi connectivity index (χ0v) is 17.8. The molecule has 1 atom stereocenters. The first-order valence-electron chi connectivity index (χ1n) is 10.9. The Morgan fingerprint density at radius 2 is 1.97 bits per heavy atom. The van der Waals surface area contributed by atoms with Gasteiger partial charge in [-0.15, -0.1) is 0 Å². The first-order chi connectivity index (χ1) is 14.5. The minimum Gasteiger partial charge on any atom is -0.365 e. The molecule has 1 aromatic heterocycles. The summed E-state index contributed by atoms with van der Waals surface area (Å²) in [5, 5.41) is 3.12. The monoisotopic (exact) mass is 411 g/mol. The van der Waals surface area contributed by atoms with Crippen LogP contribution in [0.4, 0.5) is 16.0 Å². The molecule has 1 amide bonds. The van der Waals surface area contributed by atoms with E-state index in [4.69, 9.17) is 0 Å². The van der Waals surface area contributed by atoms with Gasteiger partial charge in [0.25, 0.3) is 5.91 Å². The Balaban J connectivity index is 1.43. The molecule has 30 heavy (non-hydrogen) atoms. The average molecular weight is 412 g/mol. The van der Waals surface area contributed by atoms with Gasteiger partial charge in [-0.05, 0) is 50.5 Å². The van der Waals surface area contributed by atoms with E-state index in [0.29, 0.717) is 37.0 Å². The fourth-order valence-electron chi connectivity index (χ4n) is 4.46. The largest absolute Gasteiger partial charge is 0.365 e. The Labute approximate surface area is 177 Å². The molecule has 0 radical (unpaired) electrons. The maximum atomic E-state index is 14.4. The summed E-state index contributed by atoms with van der Waals surface area (Å²) in [6.45, 7) is 5.98. The van der Waals surface area contributed by atoms with Crippen LogP contribution >= 0.6 is 0 Å². The molecule has 2 heterocycles. The lowest BCUT2D eigenvalue weighted by Crippen LogP contribution is -2.53. The van der Waals surface area contributed by atoms with Crippen molar-refractivity contribution in [3.63, 3.8) is 0 Å². The fraction of sp³-hybridized carbons (Fsp3) is 0.522. The normalized spacial score (nSPS) is 20.3. The third kappa shape index (κ3) is 4.55. The zero-order valence-electron chi connectivity index (χ0n) is 17.8. The molecule has 4 rings (SSSR count). The molecule has 0 unspecified atom stereocenters. The molecule has 6 nitrogen and oxygen atoms in total. The molecule has 1 saturated carbocycles. The van der Waals surface area contributed by atoms with E-state index in [1.54, 1.807) is 18.3 Å². The lowest BCUT2D eigenvalue weighted by atomic mass is 9.95. The Morgan fingerprint density at radius 1 is 1.17 bits per heavy atom. The summed E-state index contributed by atoms with van der Waals surface area (Å²) >= 11 is 0. The molecule has 2 fully saturated rings. The van der Waals surface area contributed by atoms with Gasteiger partial charge in [-0.3, -0.25) is 4.79 Å². The lowest BCUT2D eigenvalue weighted by molar-refractivity contribution is 0.0922. The second kappa shape index (κ2) is 8.98. The number of rotatable bonds is 4. The van der Waals surface area contributed by atoms with Crippen LogP contribution in [0.2, 0.25) is 0 Å². The Hall–Kier alpha value is -2.70. The van der Waals surface area contributed by atoms with Crippen molar-refractivity contribution in [2.75, 3.05) is 29.4 Å². The summed E-state index contributed by atoms with van der Waals surface area (Å²) in [7, 11) is 0. The Bertz CT molecular complexity index is 899. The number of carbonyl (C=O) groups is 1. The van der Waals surface area contributed by atoms with E-state index in [1.165, 1.54) is 19.3 Å². The predicted octanol–water partition coefficient (Wildman–Crippen LogP) is 3.70. The van der Waals surface area contributed by atoms with Crippen LogP contribution in [0.3, 0.4) is 0 Å². The van der Waals surface area contributed by atoms with E-state index < -0.39 is 0 Å². The molecule has 7 heteroatoms. The number of nitrogens with zero attached hydrogens (tertiary/aromatic N) is 4. The summed E-state index contributed by atoms with van der Waals surface area (Å²) in [6.07, 6.45) is 7.32. The van der Waals surface area contributed by atoms with Crippen molar-refractivity contribution in [1.29, 1.82) is 0 Å². The van der Waals surface area contributed by atoms with Gasteiger partial charge < -0.3 is 15.1 Å². The molecule has 2 aromatic rings. The minimum atomic E-state index is -0.187. The smallest absolute Gasteiger partial charge is 0.270 e. The molecule has 0 spiro atoms. The molecule has 1 saturated heterocycles. The van der Waals surface area contributed by atoms with E-state index in [1.807, 2.05) is 19.1 Å². The van der Waals surface area contributed by atoms with Crippen molar-refractivity contribution in [3.05, 3.63) is 47.5 Å². The number of benzene rings is 1. The molecular formula is C23H30FN5O. The highest BCUT2D eigenvalue weighted by Gasteiger charge is 2.28. The molecule has 0 bridgehead atoms. The van der Waals surface area contributed by atoms with E-state index in [2.05, 4.69) is 32.0 Å². The third-order valence-electron chi connectivity index (χ3n) is 6.14. The van der Waals surface area contributed by atoms with Crippen LogP contribution in [0.25, 0.3) is 0 Å². The highest BCUT2D eigenvalue weighted by Crippen LogP contribution is 2.25. The van der Waals surface area contributed by atoms with Crippen LogP contribution in [0, 0.1) is 12.7 Å². The van der Waals surface area contributed by atoms with Crippen molar-refractivity contribution in [1.82, 2.24) is 15.3 Å². The van der Waals surface area contributed by atoms with E-state index in [0.717, 1.165) is 18.4 Å². The maximum absolute atomic E-state index is 14.4. The fourth-order valence-corrected chi connectivity index (χ4v) is 4.46. The molecule has 160 valence electrons. The van der Waals surface area contributed by atoms with Crippen LogP contribution < -0.4 is 15.1 Å². The lowest BCUT2D eigenvalue weighted by Gasteiger charge is -2.41. The number of aryl methyl sites for hydroxylation is 1. The van der Waals surface area contributed by atoms with Gasteiger partial charge in [0, 0.05) is 37.9 Å². The number of nitrogens with one attached hydrogen (secondary N) is 1. The third-order valence-corrected chi connectivity index (χ3v) is 6.14. The van der Waals surface area contributed by atoms with Gasteiger partial charge in [0.1, 0.15) is 11.5 Å². The average Bonchev–Trinajstić information content (AvgIpc) is 2.74. The molecule has 1 aromatic carbocycles. The summed E-state index contributed by atoms with van der Waals surface area (Å²) < 4.78 is 14.4. The van der Waals surface area contributed by atoms with Gasteiger partial charge in [-0.25, -0.2) is 14.4 Å². The van der Waals surface area contributed by atoms with Crippen LogP contribution in [-0.2, 0) is 0 Å². The van der Waals surface area contributed by atoms with Gasteiger partial charge in [0.2, 0.25) is 5.95 Å². The highest BCUT2D eigenvalue weighted by atomic mass is 19.1. The van der Waals surface area contributed by atoms with Gasteiger partial charge >= 0.3 is 0 Å². The number of amides is 1. The Morgan fingerprint density at radius 3 is 2.70 bits per heavy atom. The molecule has 1 aliphatic heterocycles. The van der Waals surface area contributed by atoms with E-state index in [9.17, 15) is 9.18 Å². The van der Waals surface area contributed by atoms with Crippen LogP contribution in [0.1, 0.15) is 55.1 Å². The highest BCUT2D eigenvalue weighted by molar-refractivity contribution is 5.92. The van der Waals surface area contributed by atoms with Crippen molar-refractivity contribution in [2.24, 2.45) is 0 Å². The summed E-state index contributed by atoms with van der Waals surface area (Å²) in [5.74, 6) is 0.245. The quantitative estimate of drug-likeness (QED) is 0.831. The summed E-state index contributed by atoms with van der Waals surface area (Å²) in [5.41, 5.74) is 1.96. The predicted molar refractivity (Wildman–Crippen MR) is 117 cm³/mol. The van der Waals surface area contributed by atoms with Gasteiger partial charge in [0.05, 0.1) is 5.69 Å². The standard InChI is InChI=1S/C23H30FN5O/c1-16-8-9-21(19(24)14-16)28-12-13-29(17(2)15-28)23-25-11-10-20(27-23)22(30)26-18-6-4-3-5-7-18/h8-11,14,17-18H,3-7,12-13,15H2,1-2H3,(H,26,30)/t17-/m1/s1. The van der Waals surface area contributed by atoms with E-state index >= 15 is 0 Å². The number of carbonyl (C=O) groups excluding carboxylic acids is 1. The number of hydrogen-bond donors (Lipinski definition) is 1. The molecular weight excluding hydrogens is 381 g/mol. The zero-order chi connectivity index (χ0) is 21.1. The number of hydrogen-bond acceptors (Lipinski definition) is 5. The second-order valence-electron chi connectivity index (χ2n) is 8.49. The Kier molecular flexibility index (Phi) is 6.16. The van der Waals surface area contributed by atoms with E-state index in [-0.39, 0.29) is 23.8 Å². The number of anilines is 2. The van der Waals surface area contributed by atoms with Crippen molar-refractivity contribution in [2.45, 2.75) is 58.0 Å². The van der Waals surface area contributed by atoms with Crippen LogP contribution in [-0.4, -0.2) is 47.6 Å². The molecule has 2 aliphatic rings. The SMILES string of the molecule is Cc1ccc(N2CCN(c3nccc(C(=O)NC4CCCCC4)n3)[C@H](C)C2)c(F)c1. The van der Waals surface area contributed by atoms with Crippen molar-refractivity contribution < 1.29 is 9.18 Å². The van der Waals surface area contributed by atoms with Gasteiger partial charge in [-0.1, -0.05) is 25.3 Å². The topological polar surface area (TPSA) is 61.4 Å². The maximum Gasteiger partial charge on any atom is 0.270 e. The van der Waals surface area contributed by atoms with Crippen LogP contribution in [0.15, 0.2) is 30.5 Å². The van der Waals surface area contributed by atoms with Gasteiger partial charge in [-0.2, -0.15) is 0 Å². The summed E-state index contributed by atoms with van der Waals surface area (Å²) in [4.78, 5) is 25.8. The first-order valence-corrected chi connectivity index (χ1v) is 10.9. The molecule has 1 N–H and O–H groups in total. The molecule has 1 aliphatic carbocycles. The van der Waals surface area contributed by atoms with Crippen molar-refractivity contribution >= 4 is 17.5 Å². The van der Waals surface area contributed by atoms with Crippen LogP contribution in [0.5, 0.6) is 0 Å². The number of aromatic nitrogens is 2. The minimum absolute atomic E-state index is 0.0936.